The molecule has 0 aliphatic heterocycles. The van der Waals surface area contributed by atoms with Gasteiger partial charge in [-0.3, -0.25) is 0 Å². The van der Waals surface area contributed by atoms with Gasteiger partial charge in [0.25, 0.3) is 0 Å². The van der Waals surface area contributed by atoms with E-state index in [9.17, 15) is 0 Å². The average molecular weight is 199 g/mol. The van der Waals surface area contributed by atoms with Crippen LogP contribution in [0.25, 0.3) is 0 Å². The summed E-state index contributed by atoms with van der Waals surface area (Å²) in [7, 11) is 0. The number of hydrogen-bond acceptors (Lipinski definition) is 3. The molecule has 1 N–H and O–H groups in total. The molecule has 0 aliphatic rings. The minimum atomic E-state index is 0.608. The van der Waals surface area contributed by atoms with E-state index in [1.165, 1.54) is 6.42 Å². The molecule has 0 aromatic rings. The van der Waals surface area contributed by atoms with Gasteiger partial charge in [0, 0.05) is 13.2 Å². The van der Waals surface area contributed by atoms with Gasteiger partial charge in [-0.2, -0.15) is 0 Å². The van der Waals surface area contributed by atoms with Crippen LogP contribution in [0.2, 0.25) is 0 Å². The van der Waals surface area contributed by atoms with E-state index >= 15 is 0 Å². The zero-order chi connectivity index (χ0) is 10.5. The molecule has 0 amide bonds. The van der Waals surface area contributed by atoms with Crippen LogP contribution in [0.1, 0.15) is 19.8 Å². The van der Waals surface area contributed by atoms with Crippen molar-refractivity contribution in [3.05, 3.63) is 0 Å². The first kappa shape index (κ1) is 13.4. The summed E-state index contributed by atoms with van der Waals surface area (Å²) in [4.78, 5) is 0. The topological polar surface area (TPSA) is 30.5 Å². The third kappa shape index (κ3) is 11.4. The molecule has 0 rings (SSSR count). The second-order valence-corrected chi connectivity index (χ2v) is 2.96. The molecule has 0 atom stereocenters. The number of unbranched alkanes of at least 4 members (excludes halogenated alkanes) is 1. The predicted octanol–water partition coefficient (Wildman–Crippen LogP) is 1.04. The largest absolute Gasteiger partial charge is 0.379 e. The van der Waals surface area contributed by atoms with E-state index in [1.807, 2.05) is 0 Å². The predicted molar refractivity (Wildman–Crippen MR) is 58.2 cm³/mol. The lowest BCUT2D eigenvalue weighted by Gasteiger charge is -2.05. The summed E-state index contributed by atoms with van der Waals surface area (Å²) in [5.74, 6) is 2.50. The van der Waals surface area contributed by atoms with Crippen molar-refractivity contribution in [1.82, 2.24) is 5.32 Å². The van der Waals surface area contributed by atoms with Crippen LogP contribution in [0.3, 0.4) is 0 Å². The number of nitrogens with one attached hydrogen (secondary N) is 1. The summed E-state index contributed by atoms with van der Waals surface area (Å²) < 4.78 is 10.6. The highest BCUT2D eigenvalue weighted by atomic mass is 16.5. The van der Waals surface area contributed by atoms with Crippen LogP contribution in [0.5, 0.6) is 0 Å². The fourth-order valence-electron chi connectivity index (χ4n) is 0.873. The maximum absolute atomic E-state index is 5.32. The van der Waals surface area contributed by atoms with Gasteiger partial charge in [0.15, 0.2) is 0 Å². The highest BCUT2D eigenvalue weighted by Gasteiger charge is 1.89. The molecule has 0 heterocycles. The number of hydrogen-bond donors (Lipinski definition) is 1. The van der Waals surface area contributed by atoms with Crippen molar-refractivity contribution >= 4 is 0 Å². The van der Waals surface area contributed by atoms with Crippen LogP contribution in [0.4, 0.5) is 0 Å². The smallest absolute Gasteiger partial charge is 0.0701 e. The second kappa shape index (κ2) is 12.4. The summed E-state index contributed by atoms with van der Waals surface area (Å²) in [5.41, 5.74) is 0. The summed E-state index contributed by atoms with van der Waals surface area (Å²) in [6, 6.07) is 0. The summed E-state index contributed by atoms with van der Waals surface area (Å²) in [5, 5.41) is 3.04. The molecule has 82 valence electrons. The van der Waals surface area contributed by atoms with E-state index < -0.39 is 0 Å². The van der Waals surface area contributed by atoms with Gasteiger partial charge in [0.1, 0.15) is 0 Å². The van der Waals surface area contributed by atoms with Gasteiger partial charge >= 0.3 is 0 Å². The molecule has 0 aliphatic carbocycles. The molecule has 3 heteroatoms. The molecule has 0 aromatic carbocycles. The number of ether oxygens (including phenoxy) is 2. The van der Waals surface area contributed by atoms with E-state index in [0.29, 0.717) is 26.4 Å². The Bertz CT molecular complexity index is 143. The van der Waals surface area contributed by atoms with Crippen molar-refractivity contribution in [2.75, 3.05) is 39.5 Å². The van der Waals surface area contributed by atoms with Gasteiger partial charge in [-0.05, 0) is 6.42 Å². The molecule has 0 spiro atoms. The molecule has 0 fully saturated rings. The molecule has 0 unspecified atom stereocenters. The Morgan fingerprint density at radius 3 is 2.50 bits per heavy atom. The van der Waals surface area contributed by atoms with E-state index in [2.05, 4.69) is 18.2 Å². The van der Waals surface area contributed by atoms with Crippen LogP contribution >= 0.6 is 0 Å². The first-order chi connectivity index (χ1) is 6.91. The summed E-state index contributed by atoms with van der Waals surface area (Å²) in [6.45, 7) is 6.46. The van der Waals surface area contributed by atoms with Crippen molar-refractivity contribution in [1.29, 1.82) is 0 Å². The van der Waals surface area contributed by atoms with Gasteiger partial charge in [-0.1, -0.05) is 19.3 Å². The maximum Gasteiger partial charge on any atom is 0.0701 e. The van der Waals surface area contributed by atoms with Gasteiger partial charge < -0.3 is 14.8 Å². The Balaban J connectivity index is 2.82. The third-order valence-electron chi connectivity index (χ3n) is 1.66. The van der Waals surface area contributed by atoms with Crippen molar-refractivity contribution < 1.29 is 9.47 Å². The molecule has 0 saturated heterocycles. The SMILES string of the molecule is C#CCNCCOCCOCCCC. The quantitative estimate of drug-likeness (QED) is 0.421. The molecule has 0 saturated carbocycles. The van der Waals surface area contributed by atoms with Crippen LogP contribution in [-0.2, 0) is 9.47 Å². The summed E-state index contributed by atoms with van der Waals surface area (Å²) in [6.07, 6.45) is 7.37. The second-order valence-electron chi connectivity index (χ2n) is 2.96. The van der Waals surface area contributed by atoms with E-state index in [4.69, 9.17) is 15.9 Å². The Kier molecular flexibility index (Phi) is 11.9. The standard InChI is InChI=1S/C11H21NO2/c1-3-5-8-13-10-11-14-9-7-12-6-4-2/h2,12H,3,5-11H2,1H3. The Labute approximate surface area is 87.2 Å². The number of terminal acetylenes is 1. The van der Waals surface area contributed by atoms with E-state index in [-0.39, 0.29) is 0 Å². The molecule has 0 aromatic heterocycles. The highest BCUT2D eigenvalue weighted by Crippen LogP contribution is 1.87. The highest BCUT2D eigenvalue weighted by molar-refractivity contribution is 4.86. The Hall–Kier alpha value is -0.560. The van der Waals surface area contributed by atoms with Crippen LogP contribution in [-0.4, -0.2) is 39.5 Å². The van der Waals surface area contributed by atoms with Gasteiger partial charge in [-0.15, -0.1) is 6.42 Å². The van der Waals surface area contributed by atoms with Gasteiger partial charge in [0.05, 0.1) is 26.4 Å². The van der Waals surface area contributed by atoms with E-state index in [0.717, 1.165) is 19.6 Å². The molecule has 14 heavy (non-hydrogen) atoms. The monoisotopic (exact) mass is 199 g/mol. The number of rotatable bonds is 10. The molecule has 0 bridgehead atoms. The van der Waals surface area contributed by atoms with Gasteiger partial charge in [-0.25, -0.2) is 0 Å². The fraction of sp³-hybridized carbons (Fsp3) is 0.818. The zero-order valence-electron chi connectivity index (χ0n) is 9.05. The normalized spacial score (nSPS) is 10.0. The molecular weight excluding hydrogens is 178 g/mol. The zero-order valence-corrected chi connectivity index (χ0v) is 9.05. The Morgan fingerprint density at radius 2 is 1.86 bits per heavy atom. The average Bonchev–Trinajstić information content (AvgIpc) is 2.21. The summed E-state index contributed by atoms with van der Waals surface area (Å²) >= 11 is 0. The van der Waals surface area contributed by atoms with Crippen LogP contribution in [0, 0.1) is 12.3 Å². The minimum Gasteiger partial charge on any atom is -0.379 e. The van der Waals surface area contributed by atoms with E-state index in [1.54, 1.807) is 0 Å². The van der Waals surface area contributed by atoms with Crippen molar-refractivity contribution in [2.45, 2.75) is 19.8 Å². The lowest BCUT2D eigenvalue weighted by molar-refractivity contribution is 0.0480. The van der Waals surface area contributed by atoms with Gasteiger partial charge in [0.2, 0.25) is 0 Å². The van der Waals surface area contributed by atoms with Crippen molar-refractivity contribution in [3.63, 3.8) is 0 Å². The lowest BCUT2D eigenvalue weighted by Crippen LogP contribution is -2.20. The molecule has 0 radical (unpaired) electrons. The van der Waals surface area contributed by atoms with Crippen LogP contribution < -0.4 is 5.32 Å². The maximum atomic E-state index is 5.32. The minimum absolute atomic E-state index is 0.608. The van der Waals surface area contributed by atoms with Crippen molar-refractivity contribution in [3.8, 4) is 12.3 Å². The molecular formula is C11H21NO2. The first-order valence-electron chi connectivity index (χ1n) is 5.21. The first-order valence-corrected chi connectivity index (χ1v) is 5.21. The Morgan fingerprint density at radius 1 is 1.14 bits per heavy atom. The molecule has 3 nitrogen and oxygen atoms in total. The lowest BCUT2D eigenvalue weighted by atomic mass is 10.4. The van der Waals surface area contributed by atoms with Crippen molar-refractivity contribution in [2.24, 2.45) is 0 Å². The third-order valence-corrected chi connectivity index (χ3v) is 1.66. The van der Waals surface area contributed by atoms with Crippen LogP contribution in [0.15, 0.2) is 0 Å². The fourth-order valence-corrected chi connectivity index (χ4v) is 0.873.